The molecule has 15 heavy (non-hydrogen) atoms. The van der Waals surface area contributed by atoms with Crippen LogP contribution < -0.4 is 0 Å². The van der Waals surface area contributed by atoms with Crippen LogP contribution in [0.2, 0.25) is 4.75 Å². The van der Waals surface area contributed by atoms with Crippen LogP contribution in [0, 0.1) is 5.41 Å². The Hall–Kier alpha value is -0.497. The molecule has 0 saturated heterocycles. The number of rotatable bonds is 2. The summed E-state index contributed by atoms with van der Waals surface area (Å²) in [6, 6.07) is 10.9. The first-order chi connectivity index (χ1) is 7.06. The average Bonchev–Trinajstić information content (AvgIpc) is 2.13. The molecule has 0 spiro atoms. The van der Waals surface area contributed by atoms with E-state index in [2.05, 4.69) is 56.0 Å². The average molecular weight is 259 g/mol. The van der Waals surface area contributed by atoms with Crippen molar-refractivity contribution in [1.82, 2.24) is 0 Å². The summed E-state index contributed by atoms with van der Waals surface area (Å²) in [5, 5.41) is 0. The molecule has 0 aromatic heterocycles. The second-order valence-corrected chi connectivity index (χ2v) is 8.22. The Labute approximate surface area is 99.3 Å². The van der Waals surface area contributed by atoms with E-state index in [1.807, 2.05) is 0 Å². The summed E-state index contributed by atoms with van der Waals surface area (Å²) in [5.74, 6) is 0. The van der Waals surface area contributed by atoms with Crippen molar-refractivity contribution in [1.29, 1.82) is 0 Å². The SMILES string of the molecule is CC(C)(C)C[CH]1[Ge][CH]=C1c1ccccc1. The van der Waals surface area contributed by atoms with Gasteiger partial charge in [-0.05, 0) is 0 Å². The van der Waals surface area contributed by atoms with Gasteiger partial charge in [0, 0.05) is 0 Å². The summed E-state index contributed by atoms with van der Waals surface area (Å²) in [7, 11) is 0. The third-order valence-corrected chi connectivity index (χ3v) is 5.67. The van der Waals surface area contributed by atoms with E-state index in [0.717, 1.165) is 4.75 Å². The Kier molecular flexibility index (Phi) is 3.06. The first kappa shape index (κ1) is 11.0. The number of hydrogen-bond donors (Lipinski definition) is 0. The maximum atomic E-state index is 2.51. The van der Waals surface area contributed by atoms with Gasteiger partial charge in [0.2, 0.25) is 0 Å². The molecule has 0 nitrogen and oxygen atoms in total. The van der Waals surface area contributed by atoms with E-state index in [9.17, 15) is 0 Å². The molecule has 1 aliphatic rings. The Morgan fingerprint density at radius 2 is 1.80 bits per heavy atom. The van der Waals surface area contributed by atoms with Crippen LogP contribution >= 0.6 is 0 Å². The molecule has 1 heteroatoms. The number of allylic oxidation sites excluding steroid dienone is 1. The van der Waals surface area contributed by atoms with E-state index >= 15 is 0 Å². The number of benzene rings is 1. The fraction of sp³-hybridized carbons (Fsp3) is 0.429. The molecular formula is C14H18Ge. The summed E-state index contributed by atoms with van der Waals surface area (Å²) >= 11 is 0.204. The summed E-state index contributed by atoms with van der Waals surface area (Å²) in [6.45, 7) is 7.04. The Balaban J connectivity index is 2.08. The van der Waals surface area contributed by atoms with Gasteiger partial charge in [0.15, 0.2) is 0 Å². The van der Waals surface area contributed by atoms with Crippen LogP contribution in [0.3, 0.4) is 0 Å². The van der Waals surface area contributed by atoms with E-state index in [1.54, 1.807) is 5.57 Å². The van der Waals surface area contributed by atoms with Crippen LogP contribution in [0.5, 0.6) is 0 Å². The number of hydrogen-bond acceptors (Lipinski definition) is 0. The van der Waals surface area contributed by atoms with Crippen LogP contribution in [0.25, 0.3) is 5.57 Å². The van der Waals surface area contributed by atoms with E-state index in [1.165, 1.54) is 12.0 Å². The predicted molar refractivity (Wildman–Crippen MR) is 68.0 cm³/mol. The van der Waals surface area contributed by atoms with Crippen molar-refractivity contribution < 1.29 is 0 Å². The van der Waals surface area contributed by atoms with Crippen molar-refractivity contribution in [3.8, 4) is 0 Å². The fourth-order valence-electron chi connectivity index (χ4n) is 1.98. The zero-order chi connectivity index (χ0) is 10.9. The quantitative estimate of drug-likeness (QED) is 0.705. The van der Waals surface area contributed by atoms with Crippen molar-refractivity contribution >= 4 is 21.0 Å². The Morgan fingerprint density at radius 3 is 2.27 bits per heavy atom. The molecule has 0 fully saturated rings. The standard InChI is InChI=1S/C14H18Ge/c1-14(2,3)9-13-12(10-15-13)11-7-5-4-6-8-11/h4-8,10,13H,9H2,1-3H3. The van der Waals surface area contributed by atoms with Gasteiger partial charge < -0.3 is 0 Å². The summed E-state index contributed by atoms with van der Waals surface area (Å²) in [5.41, 5.74) is 3.54. The van der Waals surface area contributed by atoms with E-state index in [-0.39, 0.29) is 15.4 Å². The van der Waals surface area contributed by atoms with Crippen molar-refractivity contribution in [2.45, 2.75) is 31.9 Å². The Morgan fingerprint density at radius 1 is 1.13 bits per heavy atom. The van der Waals surface area contributed by atoms with Gasteiger partial charge in [-0.1, -0.05) is 0 Å². The van der Waals surface area contributed by atoms with Gasteiger partial charge in [0.1, 0.15) is 0 Å². The summed E-state index contributed by atoms with van der Waals surface area (Å²) in [6.07, 6.45) is 1.35. The molecule has 1 heterocycles. The normalized spacial score (nSPS) is 20.7. The second kappa shape index (κ2) is 4.17. The molecule has 0 aliphatic carbocycles. The third kappa shape index (κ3) is 2.75. The van der Waals surface area contributed by atoms with Gasteiger partial charge in [0.25, 0.3) is 0 Å². The van der Waals surface area contributed by atoms with Crippen LogP contribution in [-0.4, -0.2) is 15.4 Å². The maximum absolute atomic E-state index is 2.51. The Bertz CT molecular complexity index is 357. The van der Waals surface area contributed by atoms with Gasteiger partial charge in [0.05, 0.1) is 0 Å². The van der Waals surface area contributed by atoms with Crippen LogP contribution in [0.1, 0.15) is 32.8 Å². The van der Waals surface area contributed by atoms with Crippen molar-refractivity contribution in [3.63, 3.8) is 0 Å². The molecule has 1 atom stereocenters. The molecule has 2 rings (SSSR count). The molecule has 1 unspecified atom stereocenters. The fourth-order valence-corrected chi connectivity index (χ4v) is 5.41. The van der Waals surface area contributed by atoms with Crippen LogP contribution in [0.15, 0.2) is 35.2 Å². The molecule has 78 valence electrons. The molecule has 1 aromatic rings. The van der Waals surface area contributed by atoms with Crippen molar-refractivity contribution in [3.05, 3.63) is 40.8 Å². The monoisotopic (exact) mass is 260 g/mol. The molecule has 0 N–H and O–H groups in total. The van der Waals surface area contributed by atoms with E-state index in [4.69, 9.17) is 0 Å². The van der Waals surface area contributed by atoms with Crippen LogP contribution in [-0.2, 0) is 0 Å². The summed E-state index contributed by atoms with van der Waals surface area (Å²) < 4.78 is 0.910. The minimum atomic E-state index is 0.204. The van der Waals surface area contributed by atoms with E-state index < -0.39 is 0 Å². The van der Waals surface area contributed by atoms with Gasteiger partial charge in [-0.3, -0.25) is 0 Å². The van der Waals surface area contributed by atoms with Gasteiger partial charge in [-0.15, -0.1) is 0 Å². The van der Waals surface area contributed by atoms with Crippen molar-refractivity contribution in [2.75, 3.05) is 0 Å². The van der Waals surface area contributed by atoms with Gasteiger partial charge in [-0.2, -0.15) is 0 Å². The predicted octanol–water partition coefficient (Wildman–Crippen LogP) is 3.97. The molecule has 0 amide bonds. The molecule has 0 saturated carbocycles. The molecular weight excluding hydrogens is 241 g/mol. The third-order valence-electron chi connectivity index (χ3n) is 2.74. The van der Waals surface area contributed by atoms with Crippen LogP contribution in [0.4, 0.5) is 0 Å². The molecule has 1 aromatic carbocycles. The van der Waals surface area contributed by atoms with Crippen molar-refractivity contribution in [2.24, 2.45) is 5.41 Å². The molecule has 0 bridgehead atoms. The molecule has 1 aliphatic heterocycles. The minimum absolute atomic E-state index is 0.204. The topological polar surface area (TPSA) is 0 Å². The summed E-state index contributed by atoms with van der Waals surface area (Å²) in [4.78, 5) is 2.51. The van der Waals surface area contributed by atoms with Gasteiger partial charge >= 0.3 is 99.2 Å². The second-order valence-electron chi connectivity index (χ2n) is 5.45. The zero-order valence-corrected chi connectivity index (χ0v) is 11.8. The zero-order valence-electron chi connectivity index (χ0n) is 9.75. The first-order valence-corrected chi connectivity index (χ1v) is 8.00. The molecule has 2 radical (unpaired) electrons. The first-order valence-electron chi connectivity index (χ1n) is 5.58. The van der Waals surface area contributed by atoms with Gasteiger partial charge in [-0.25, -0.2) is 0 Å². The van der Waals surface area contributed by atoms with E-state index in [0.29, 0.717) is 5.41 Å².